The molecule has 1 aromatic rings. The quantitative estimate of drug-likeness (QED) is 0.871. The number of thioether (sulfide) groups is 1. The van der Waals surface area contributed by atoms with Gasteiger partial charge in [-0.1, -0.05) is 6.92 Å². The Balaban J connectivity index is 3.00. The molecule has 1 rings (SSSR count). The van der Waals surface area contributed by atoms with Gasteiger partial charge in [0.1, 0.15) is 6.07 Å². The molecular weight excluding hydrogens is 293 g/mol. The highest BCUT2D eigenvalue weighted by atomic mass is 79.9. The monoisotopic (exact) mass is 303 g/mol. The van der Waals surface area contributed by atoms with Crippen molar-refractivity contribution in [3.8, 4) is 6.07 Å². The van der Waals surface area contributed by atoms with E-state index in [-0.39, 0.29) is 15.3 Å². The highest BCUT2D eigenvalue weighted by Crippen LogP contribution is 2.32. The van der Waals surface area contributed by atoms with Crippen LogP contribution >= 0.6 is 27.7 Å². The molecule has 0 aliphatic rings. The summed E-state index contributed by atoms with van der Waals surface area (Å²) in [6.45, 7) is 3.48. The third kappa shape index (κ3) is 2.97. The second-order valence-electron chi connectivity index (χ2n) is 3.41. The van der Waals surface area contributed by atoms with Gasteiger partial charge in [-0.25, -0.2) is 4.39 Å². The minimum absolute atomic E-state index is 0.102. The number of aliphatic hydroxyl groups is 1. The fraction of sp³-hybridized carbons (Fsp3) is 0.364. The molecule has 0 spiro atoms. The zero-order chi connectivity index (χ0) is 12.3. The number of hydrogen-bond acceptors (Lipinski definition) is 3. The standard InChI is InChI=1S/C11H11BrFNOS/c1-6(15)7(2)16-9-4-3-8(5-14)10(12)11(9)13/h3-4,6-7,15H,1-2H3. The first kappa shape index (κ1) is 13.5. The van der Waals surface area contributed by atoms with Crippen LogP contribution in [0.1, 0.15) is 19.4 Å². The van der Waals surface area contributed by atoms with Crippen molar-refractivity contribution in [2.24, 2.45) is 0 Å². The van der Waals surface area contributed by atoms with E-state index in [4.69, 9.17) is 5.26 Å². The molecular formula is C11H11BrFNOS. The van der Waals surface area contributed by atoms with E-state index in [0.717, 1.165) is 0 Å². The van der Waals surface area contributed by atoms with Crippen molar-refractivity contribution in [2.45, 2.75) is 30.1 Å². The first-order valence-electron chi connectivity index (χ1n) is 4.70. The van der Waals surface area contributed by atoms with E-state index in [1.165, 1.54) is 11.8 Å². The van der Waals surface area contributed by atoms with Crippen LogP contribution in [0.4, 0.5) is 4.39 Å². The number of nitrogens with zero attached hydrogens (tertiary/aromatic N) is 1. The fourth-order valence-corrected chi connectivity index (χ4v) is 2.52. The van der Waals surface area contributed by atoms with Crippen LogP contribution < -0.4 is 0 Å². The maximum Gasteiger partial charge on any atom is 0.152 e. The molecule has 86 valence electrons. The third-order valence-electron chi connectivity index (χ3n) is 2.16. The number of hydrogen-bond donors (Lipinski definition) is 1. The van der Waals surface area contributed by atoms with E-state index >= 15 is 0 Å². The Bertz CT molecular complexity index is 431. The van der Waals surface area contributed by atoms with Crippen molar-refractivity contribution in [3.63, 3.8) is 0 Å². The Morgan fingerprint density at radius 3 is 2.62 bits per heavy atom. The van der Waals surface area contributed by atoms with Gasteiger partial charge in [0, 0.05) is 10.1 Å². The zero-order valence-electron chi connectivity index (χ0n) is 8.87. The molecule has 0 saturated heterocycles. The molecule has 0 aliphatic carbocycles. The predicted octanol–water partition coefficient (Wildman–Crippen LogP) is 3.32. The molecule has 2 atom stereocenters. The number of halogens is 2. The van der Waals surface area contributed by atoms with Crippen molar-refractivity contribution in [2.75, 3.05) is 0 Å². The van der Waals surface area contributed by atoms with Crippen LogP contribution in [-0.2, 0) is 0 Å². The van der Waals surface area contributed by atoms with Gasteiger partial charge in [0.2, 0.25) is 0 Å². The lowest BCUT2D eigenvalue weighted by molar-refractivity contribution is 0.196. The van der Waals surface area contributed by atoms with Crippen molar-refractivity contribution >= 4 is 27.7 Å². The number of rotatable bonds is 3. The van der Waals surface area contributed by atoms with E-state index in [9.17, 15) is 9.50 Å². The van der Waals surface area contributed by atoms with Crippen LogP contribution in [0.2, 0.25) is 0 Å². The van der Waals surface area contributed by atoms with Crippen LogP contribution in [0.25, 0.3) is 0 Å². The first-order valence-corrected chi connectivity index (χ1v) is 6.37. The maximum atomic E-state index is 13.8. The van der Waals surface area contributed by atoms with Crippen molar-refractivity contribution in [1.82, 2.24) is 0 Å². The van der Waals surface area contributed by atoms with E-state index in [0.29, 0.717) is 4.90 Å². The molecule has 1 N–H and O–H groups in total. The highest BCUT2D eigenvalue weighted by Gasteiger charge is 2.16. The second-order valence-corrected chi connectivity index (χ2v) is 5.63. The number of aliphatic hydroxyl groups excluding tert-OH is 1. The van der Waals surface area contributed by atoms with E-state index in [1.54, 1.807) is 19.1 Å². The Kier molecular flexibility index (Phi) is 4.78. The van der Waals surface area contributed by atoms with Crippen LogP contribution in [0.5, 0.6) is 0 Å². The third-order valence-corrected chi connectivity index (χ3v) is 4.27. The van der Waals surface area contributed by atoms with Gasteiger partial charge in [-0.2, -0.15) is 5.26 Å². The molecule has 16 heavy (non-hydrogen) atoms. The Morgan fingerprint density at radius 1 is 1.50 bits per heavy atom. The van der Waals surface area contributed by atoms with Crippen molar-refractivity contribution in [1.29, 1.82) is 5.26 Å². The topological polar surface area (TPSA) is 44.0 Å². The molecule has 0 aliphatic heterocycles. The largest absolute Gasteiger partial charge is 0.392 e. The van der Waals surface area contributed by atoms with Gasteiger partial charge in [0.15, 0.2) is 5.82 Å². The Morgan fingerprint density at radius 2 is 2.12 bits per heavy atom. The summed E-state index contributed by atoms with van der Waals surface area (Å²) in [6.07, 6.45) is -0.515. The number of nitriles is 1. The van der Waals surface area contributed by atoms with Crippen LogP contribution in [0, 0.1) is 17.1 Å². The van der Waals surface area contributed by atoms with E-state index in [2.05, 4.69) is 15.9 Å². The molecule has 0 saturated carbocycles. The van der Waals surface area contributed by atoms with Crippen molar-refractivity contribution < 1.29 is 9.50 Å². The van der Waals surface area contributed by atoms with Gasteiger partial charge in [-0.05, 0) is 35.0 Å². The van der Waals surface area contributed by atoms with Crippen LogP contribution in [0.3, 0.4) is 0 Å². The molecule has 0 amide bonds. The second kappa shape index (κ2) is 5.67. The van der Waals surface area contributed by atoms with Gasteiger partial charge in [0.25, 0.3) is 0 Å². The minimum Gasteiger partial charge on any atom is -0.392 e. The molecule has 5 heteroatoms. The van der Waals surface area contributed by atoms with Gasteiger partial charge in [0.05, 0.1) is 16.1 Å². The minimum atomic E-state index is -0.515. The molecule has 0 fully saturated rings. The molecule has 2 unspecified atom stereocenters. The Hall–Kier alpha value is -0.570. The molecule has 1 aromatic carbocycles. The Labute approximate surface area is 107 Å². The normalized spacial score (nSPS) is 14.2. The predicted molar refractivity (Wildman–Crippen MR) is 65.8 cm³/mol. The van der Waals surface area contributed by atoms with E-state index < -0.39 is 11.9 Å². The summed E-state index contributed by atoms with van der Waals surface area (Å²) in [5, 5.41) is 17.9. The number of benzene rings is 1. The smallest absolute Gasteiger partial charge is 0.152 e. The SMILES string of the molecule is CC(O)C(C)Sc1ccc(C#N)c(Br)c1F. The maximum absolute atomic E-state index is 13.8. The van der Waals surface area contributed by atoms with E-state index in [1.807, 2.05) is 13.0 Å². The van der Waals surface area contributed by atoms with Gasteiger partial charge < -0.3 is 5.11 Å². The molecule has 0 heterocycles. The summed E-state index contributed by atoms with van der Waals surface area (Å²) >= 11 is 4.29. The first-order chi connectivity index (χ1) is 7.47. The summed E-state index contributed by atoms with van der Waals surface area (Å²) in [7, 11) is 0. The summed E-state index contributed by atoms with van der Waals surface area (Å²) in [5.74, 6) is -0.448. The highest BCUT2D eigenvalue weighted by molar-refractivity contribution is 9.10. The lowest BCUT2D eigenvalue weighted by Gasteiger charge is -2.15. The summed E-state index contributed by atoms with van der Waals surface area (Å²) < 4.78 is 14.0. The lowest BCUT2D eigenvalue weighted by Crippen LogP contribution is -2.15. The average molecular weight is 304 g/mol. The molecule has 0 radical (unpaired) electrons. The molecule has 2 nitrogen and oxygen atoms in total. The van der Waals surface area contributed by atoms with Crippen molar-refractivity contribution in [3.05, 3.63) is 28.0 Å². The summed E-state index contributed by atoms with van der Waals surface area (Å²) in [6, 6.07) is 5.01. The van der Waals surface area contributed by atoms with Gasteiger partial charge in [-0.15, -0.1) is 11.8 Å². The molecule has 0 bridgehead atoms. The van der Waals surface area contributed by atoms with Crippen LogP contribution in [0.15, 0.2) is 21.5 Å². The zero-order valence-corrected chi connectivity index (χ0v) is 11.3. The fourth-order valence-electron chi connectivity index (χ4n) is 1.01. The van der Waals surface area contributed by atoms with Crippen LogP contribution in [-0.4, -0.2) is 16.5 Å². The average Bonchev–Trinajstić information content (AvgIpc) is 2.25. The lowest BCUT2D eigenvalue weighted by atomic mass is 10.2. The summed E-state index contributed by atoms with van der Waals surface area (Å²) in [4.78, 5) is 0.430. The van der Waals surface area contributed by atoms with Gasteiger partial charge in [-0.3, -0.25) is 0 Å². The van der Waals surface area contributed by atoms with Gasteiger partial charge >= 0.3 is 0 Å². The molecule has 0 aromatic heterocycles. The summed E-state index contributed by atoms with van der Waals surface area (Å²) in [5.41, 5.74) is 0.270.